The number of aromatic nitrogens is 2. The zero-order chi connectivity index (χ0) is 27.2. The lowest BCUT2D eigenvalue weighted by molar-refractivity contribution is 0.333. The molecule has 8 rings (SSSR count). The van der Waals surface area contributed by atoms with Crippen LogP contribution in [0.4, 0.5) is 0 Å². The average molecular weight is 519 g/mol. The van der Waals surface area contributed by atoms with Gasteiger partial charge in [-0.05, 0) is 82.3 Å². The van der Waals surface area contributed by atoms with E-state index in [2.05, 4.69) is 140 Å². The molecule has 1 aliphatic rings. The first kappa shape index (κ1) is 23.6. The van der Waals surface area contributed by atoms with Crippen molar-refractivity contribution in [2.45, 2.75) is 51.4 Å². The Kier molecular flexibility index (Phi) is 4.78. The van der Waals surface area contributed by atoms with Gasteiger partial charge in [0.05, 0.1) is 11.0 Å². The molecule has 2 nitrogen and oxygen atoms in total. The highest BCUT2D eigenvalue weighted by Gasteiger charge is 2.38. The van der Waals surface area contributed by atoms with E-state index in [0.717, 1.165) is 0 Å². The molecule has 2 aromatic heterocycles. The number of para-hydroxylation sites is 2. The molecule has 5 aromatic carbocycles. The van der Waals surface area contributed by atoms with Gasteiger partial charge in [0.25, 0.3) is 0 Å². The maximum absolute atomic E-state index is 3.65. The summed E-state index contributed by atoms with van der Waals surface area (Å²) in [6, 6.07) is 38.3. The van der Waals surface area contributed by atoms with Gasteiger partial charge in [0.2, 0.25) is 0 Å². The summed E-state index contributed by atoms with van der Waals surface area (Å²) in [5.41, 5.74) is 12.1. The zero-order valence-electron chi connectivity index (χ0n) is 23.7. The fourth-order valence-electron chi connectivity index (χ4n) is 7.35. The Hall–Kier alpha value is -4.30. The molecule has 0 spiro atoms. The molecule has 0 amide bonds. The first-order valence-electron chi connectivity index (χ1n) is 14.5. The second-order valence-electron chi connectivity index (χ2n) is 13.0. The third-order valence-corrected chi connectivity index (χ3v) is 9.58. The Morgan fingerprint density at radius 2 is 1.30 bits per heavy atom. The number of benzene rings is 5. The molecule has 0 saturated carbocycles. The maximum Gasteiger partial charge on any atom is 0.0562 e. The van der Waals surface area contributed by atoms with Crippen molar-refractivity contribution in [3.63, 3.8) is 0 Å². The molecule has 0 saturated heterocycles. The summed E-state index contributed by atoms with van der Waals surface area (Å²) in [5.74, 6) is 0. The highest BCUT2D eigenvalue weighted by Crippen LogP contribution is 2.49. The van der Waals surface area contributed by atoms with E-state index in [4.69, 9.17) is 0 Å². The third-order valence-electron chi connectivity index (χ3n) is 9.58. The zero-order valence-corrected chi connectivity index (χ0v) is 23.7. The minimum absolute atomic E-state index is 0.165. The summed E-state index contributed by atoms with van der Waals surface area (Å²) in [7, 11) is 0. The molecule has 7 aromatic rings. The molecule has 2 heterocycles. The smallest absolute Gasteiger partial charge is 0.0562 e. The summed E-state index contributed by atoms with van der Waals surface area (Å²) in [6.07, 6.45) is 2.44. The number of rotatable bonds is 2. The number of nitrogens with zero attached hydrogens (tertiary/aromatic N) is 1. The van der Waals surface area contributed by atoms with Gasteiger partial charge < -0.3 is 9.55 Å². The summed E-state index contributed by atoms with van der Waals surface area (Å²) in [5, 5.41) is 5.13. The van der Waals surface area contributed by atoms with Crippen LogP contribution in [0.25, 0.3) is 60.4 Å². The van der Waals surface area contributed by atoms with Crippen molar-refractivity contribution in [1.29, 1.82) is 0 Å². The Morgan fingerprint density at radius 3 is 2.12 bits per heavy atom. The van der Waals surface area contributed by atoms with Crippen LogP contribution >= 0.6 is 0 Å². The average Bonchev–Trinajstić information content (AvgIpc) is 3.49. The Balaban J connectivity index is 1.33. The fourth-order valence-corrected chi connectivity index (χ4v) is 7.35. The van der Waals surface area contributed by atoms with Crippen LogP contribution < -0.4 is 0 Å². The van der Waals surface area contributed by atoms with Gasteiger partial charge in [-0.1, -0.05) is 94.4 Å². The molecular formula is C38H34N2. The van der Waals surface area contributed by atoms with Crippen molar-refractivity contribution in [3.05, 3.63) is 114 Å². The fraction of sp³-hybridized carbons (Fsp3) is 0.211. The van der Waals surface area contributed by atoms with Gasteiger partial charge in [0, 0.05) is 38.3 Å². The molecule has 1 N–H and O–H groups in total. The lowest BCUT2D eigenvalue weighted by Gasteiger charge is -2.43. The van der Waals surface area contributed by atoms with Crippen LogP contribution in [-0.2, 0) is 10.8 Å². The molecule has 0 unspecified atom stereocenters. The number of hydrogen-bond acceptors (Lipinski definition) is 0. The van der Waals surface area contributed by atoms with Crippen LogP contribution in [0, 0.1) is 0 Å². The lowest BCUT2D eigenvalue weighted by Crippen LogP contribution is -2.34. The number of hydrogen-bond donors (Lipinski definition) is 1. The number of fused-ring (bicyclic) bond motifs is 7. The summed E-state index contributed by atoms with van der Waals surface area (Å²) >= 11 is 0. The summed E-state index contributed by atoms with van der Waals surface area (Å²) < 4.78 is 2.42. The van der Waals surface area contributed by atoms with E-state index >= 15 is 0 Å². The molecule has 40 heavy (non-hydrogen) atoms. The molecule has 0 atom stereocenters. The predicted octanol–water partition coefficient (Wildman–Crippen LogP) is 10.4. The number of nitrogens with one attached hydrogen (secondary N) is 1. The van der Waals surface area contributed by atoms with Crippen LogP contribution in [0.15, 0.2) is 103 Å². The van der Waals surface area contributed by atoms with E-state index in [-0.39, 0.29) is 10.8 Å². The van der Waals surface area contributed by atoms with Crippen LogP contribution in [0.1, 0.15) is 51.7 Å². The van der Waals surface area contributed by atoms with E-state index in [1.54, 1.807) is 0 Å². The largest absolute Gasteiger partial charge is 0.354 e. The molecule has 196 valence electrons. The van der Waals surface area contributed by atoms with Crippen molar-refractivity contribution in [2.24, 2.45) is 0 Å². The minimum atomic E-state index is 0.165. The first-order valence-corrected chi connectivity index (χ1v) is 14.5. The van der Waals surface area contributed by atoms with Crippen molar-refractivity contribution < 1.29 is 0 Å². The van der Waals surface area contributed by atoms with Gasteiger partial charge in [0.1, 0.15) is 0 Å². The SMILES string of the molecule is CC1(C)CCC(C)(C)c2c(-c3ccc(-n4c5ccccc5c5cc6c(cc54)[nH]c4ccccc46)cc3)cccc21. The topological polar surface area (TPSA) is 20.7 Å². The first-order chi connectivity index (χ1) is 19.3. The van der Waals surface area contributed by atoms with Crippen molar-refractivity contribution >= 4 is 43.6 Å². The van der Waals surface area contributed by atoms with Crippen LogP contribution in [0.3, 0.4) is 0 Å². The van der Waals surface area contributed by atoms with Gasteiger partial charge in [-0.3, -0.25) is 0 Å². The second-order valence-corrected chi connectivity index (χ2v) is 13.0. The Morgan fingerprint density at radius 1 is 0.575 bits per heavy atom. The Bertz CT molecular complexity index is 2100. The summed E-state index contributed by atoms with van der Waals surface area (Å²) in [4.78, 5) is 3.65. The van der Waals surface area contributed by atoms with Gasteiger partial charge in [0.15, 0.2) is 0 Å². The van der Waals surface area contributed by atoms with Gasteiger partial charge in [-0.15, -0.1) is 0 Å². The van der Waals surface area contributed by atoms with Crippen LogP contribution in [0.2, 0.25) is 0 Å². The molecule has 0 bridgehead atoms. The third kappa shape index (κ3) is 3.29. The van der Waals surface area contributed by atoms with Gasteiger partial charge in [-0.25, -0.2) is 0 Å². The monoisotopic (exact) mass is 518 g/mol. The van der Waals surface area contributed by atoms with Crippen molar-refractivity contribution in [1.82, 2.24) is 9.55 Å². The van der Waals surface area contributed by atoms with Gasteiger partial charge >= 0.3 is 0 Å². The van der Waals surface area contributed by atoms with E-state index in [0.29, 0.717) is 0 Å². The van der Waals surface area contributed by atoms with Crippen molar-refractivity contribution in [3.8, 4) is 16.8 Å². The quantitative estimate of drug-likeness (QED) is 0.235. The molecule has 0 fully saturated rings. The summed E-state index contributed by atoms with van der Waals surface area (Å²) in [6.45, 7) is 9.64. The van der Waals surface area contributed by atoms with Gasteiger partial charge in [-0.2, -0.15) is 0 Å². The number of H-pyrrole nitrogens is 1. The molecule has 0 radical (unpaired) electrons. The minimum Gasteiger partial charge on any atom is -0.354 e. The Labute approximate surface area is 235 Å². The van der Waals surface area contributed by atoms with E-state index in [9.17, 15) is 0 Å². The second kappa shape index (κ2) is 8.11. The predicted molar refractivity (Wildman–Crippen MR) is 171 cm³/mol. The van der Waals surface area contributed by atoms with E-state index in [1.807, 2.05) is 0 Å². The molecule has 2 heteroatoms. The molecule has 1 aliphatic carbocycles. The molecular weight excluding hydrogens is 484 g/mol. The molecule has 0 aliphatic heterocycles. The van der Waals surface area contributed by atoms with E-state index in [1.165, 1.54) is 84.4 Å². The normalized spacial score (nSPS) is 16.2. The lowest BCUT2D eigenvalue weighted by atomic mass is 9.61. The standard InChI is InChI=1S/C38H34N2/c1-37(2)20-21-38(3,4)36-26(12-9-13-31(36)37)24-16-18-25(19-17-24)40-34-15-8-6-11-28(34)30-22-29-27-10-5-7-14-32(27)39-33(29)23-35(30)40/h5-19,22-23,39H,20-21H2,1-4H3. The van der Waals surface area contributed by atoms with E-state index < -0.39 is 0 Å². The number of aromatic amines is 1. The van der Waals surface area contributed by atoms with Crippen LogP contribution in [-0.4, -0.2) is 9.55 Å². The van der Waals surface area contributed by atoms with Crippen LogP contribution in [0.5, 0.6) is 0 Å². The maximum atomic E-state index is 3.65. The highest BCUT2D eigenvalue weighted by atomic mass is 15.0. The highest BCUT2D eigenvalue weighted by molar-refractivity contribution is 6.18. The van der Waals surface area contributed by atoms with Crippen molar-refractivity contribution in [2.75, 3.05) is 0 Å².